The highest BCUT2D eigenvalue weighted by molar-refractivity contribution is 7.09. The van der Waals surface area contributed by atoms with Crippen molar-refractivity contribution in [2.75, 3.05) is 5.32 Å². The van der Waals surface area contributed by atoms with Gasteiger partial charge in [0, 0.05) is 22.9 Å². The molecule has 0 bridgehead atoms. The molecule has 0 aliphatic rings. The van der Waals surface area contributed by atoms with E-state index < -0.39 is 4.92 Å². The van der Waals surface area contributed by atoms with Gasteiger partial charge in [0.25, 0.3) is 5.69 Å². The molecule has 0 saturated heterocycles. The quantitative estimate of drug-likeness (QED) is 0.671. The fraction of sp³-hybridized carbons (Fsp3) is 0.308. The zero-order valence-corrected chi connectivity index (χ0v) is 11.6. The first kappa shape index (κ1) is 13.5. The molecule has 0 saturated carbocycles. The third-order valence-electron chi connectivity index (χ3n) is 2.76. The van der Waals surface area contributed by atoms with Gasteiger partial charge in [-0.1, -0.05) is 6.07 Å². The van der Waals surface area contributed by atoms with Crippen molar-refractivity contribution in [1.29, 1.82) is 0 Å². The SMILES string of the molecule is Cc1cc(NC(C)Cc2cccs2)ncc1[N+](=O)[O-]. The van der Waals surface area contributed by atoms with E-state index in [-0.39, 0.29) is 11.7 Å². The molecule has 1 N–H and O–H groups in total. The molecule has 1 unspecified atom stereocenters. The van der Waals surface area contributed by atoms with Gasteiger partial charge in [-0.2, -0.15) is 0 Å². The van der Waals surface area contributed by atoms with Crippen molar-refractivity contribution in [1.82, 2.24) is 4.98 Å². The lowest BCUT2D eigenvalue weighted by Crippen LogP contribution is -2.18. The number of anilines is 1. The number of thiophene rings is 1. The Morgan fingerprint density at radius 2 is 2.37 bits per heavy atom. The summed E-state index contributed by atoms with van der Waals surface area (Å²) in [4.78, 5) is 15.7. The molecule has 5 nitrogen and oxygen atoms in total. The summed E-state index contributed by atoms with van der Waals surface area (Å²) in [5, 5.41) is 16.0. The van der Waals surface area contributed by atoms with E-state index in [1.54, 1.807) is 24.3 Å². The molecule has 0 fully saturated rings. The summed E-state index contributed by atoms with van der Waals surface area (Å²) in [6.45, 7) is 3.78. The lowest BCUT2D eigenvalue weighted by molar-refractivity contribution is -0.385. The minimum absolute atomic E-state index is 0.0523. The summed E-state index contributed by atoms with van der Waals surface area (Å²) in [5.74, 6) is 0.673. The molecule has 0 radical (unpaired) electrons. The van der Waals surface area contributed by atoms with Gasteiger partial charge >= 0.3 is 0 Å². The van der Waals surface area contributed by atoms with Gasteiger partial charge in [0.2, 0.25) is 0 Å². The van der Waals surface area contributed by atoms with Crippen LogP contribution >= 0.6 is 11.3 Å². The topological polar surface area (TPSA) is 68.1 Å². The molecule has 2 rings (SSSR count). The standard InChI is InChI=1S/C13H15N3O2S/c1-9-6-13(14-8-12(9)16(17)18)15-10(2)7-11-4-3-5-19-11/h3-6,8,10H,7H2,1-2H3,(H,14,15). The second-order valence-electron chi connectivity index (χ2n) is 4.44. The van der Waals surface area contributed by atoms with Crippen LogP contribution in [0.2, 0.25) is 0 Å². The fourth-order valence-corrected chi connectivity index (χ4v) is 2.69. The van der Waals surface area contributed by atoms with Gasteiger partial charge in [-0.25, -0.2) is 4.98 Å². The maximum atomic E-state index is 10.7. The maximum Gasteiger partial charge on any atom is 0.290 e. The number of rotatable bonds is 5. The van der Waals surface area contributed by atoms with Crippen LogP contribution in [-0.4, -0.2) is 15.9 Å². The average Bonchev–Trinajstić information content (AvgIpc) is 2.81. The van der Waals surface area contributed by atoms with Crippen molar-refractivity contribution in [2.24, 2.45) is 0 Å². The van der Waals surface area contributed by atoms with Crippen molar-refractivity contribution >= 4 is 22.8 Å². The molecule has 100 valence electrons. The number of pyridine rings is 1. The van der Waals surface area contributed by atoms with Crippen LogP contribution in [0.5, 0.6) is 0 Å². The fourth-order valence-electron chi connectivity index (χ4n) is 1.85. The van der Waals surface area contributed by atoms with Gasteiger partial charge in [-0.15, -0.1) is 11.3 Å². The lowest BCUT2D eigenvalue weighted by atomic mass is 10.2. The van der Waals surface area contributed by atoms with Gasteiger partial charge in [0.15, 0.2) is 0 Å². The lowest BCUT2D eigenvalue weighted by Gasteiger charge is -2.13. The van der Waals surface area contributed by atoms with E-state index in [4.69, 9.17) is 0 Å². The molecule has 2 heterocycles. The van der Waals surface area contributed by atoms with Crippen LogP contribution in [-0.2, 0) is 6.42 Å². The Kier molecular flexibility index (Phi) is 4.11. The molecular formula is C13H15N3O2S. The molecule has 19 heavy (non-hydrogen) atoms. The predicted molar refractivity (Wildman–Crippen MR) is 76.7 cm³/mol. The second kappa shape index (κ2) is 5.79. The first-order valence-corrected chi connectivity index (χ1v) is 6.84. The number of nitrogens with one attached hydrogen (secondary N) is 1. The van der Waals surface area contributed by atoms with Crippen LogP contribution in [0.4, 0.5) is 11.5 Å². The highest BCUT2D eigenvalue weighted by atomic mass is 32.1. The molecule has 0 aromatic carbocycles. The summed E-state index contributed by atoms with van der Waals surface area (Å²) >= 11 is 1.72. The number of nitro groups is 1. The summed E-state index contributed by atoms with van der Waals surface area (Å²) in [6, 6.07) is 6.06. The monoisotopic (exact) mass is 277 g/mol. The van der Waals surface area contributed by atoms with E-state index in [0.717, 1.165) is 6.42 Å². The van der Waals surface area contributed by atoms with Crippen LogP contribution in [0.15, 0.2) is 29.8 Å². The van der Waals surface area contributed by atoms with E-state index in [9.17, 15) is 10.1 Å². The molecular weight excluding hydrogens is 262 g/mol. The molecule has 0 aliphatic carbocycles. The zero-order chi connectivity index (χ0) is 13.8. The molecule has 6 heteroatoms. The van der Waals surface area contributed by atoms with Gasteiger partial charge in [0.05, 0.1) is 4.92 Å². The highest BCUT2D eigenvalue weighted by Crippen LogP contribution is 2.20. The molecule has 0 spiro atoms. The predicted octanol–water partition coefficient (Wildman–Crippen LogP) is 3.40. The Balaban J connectivity index is 2.03. The molecule has 0 aliphatic heterocycles. The van der Waals surface area contributed by atoms with Crippen molar-refractivity contribution in [3.8, 4) is 0 Å². The molecule has 2 aromatic heterocycles. The smallest absolute Gasteiger partial charge is 0.290 e. The Morgan fingerprint density at radius 1 is 1.58 bits per heavy atom. The normalized spacial score (nSPS) is 12.1. The number of hydrogen-bond acceptors (Lipinski definition) is 5. The average molecular weight is 277 g/mol. The van der Waals surface area contributed by atoms with E-state index in [1.807, 2.05) is 6.07 Å². The Labute approximate surface area is 115 Å². The van der Waals surface area contributed by atoms with Crippen LogP contribution < -0.4 is 5.32 Å². The maximum absolute atomic E-state index is 10.7. The van der Waals surface area contributed by atoms with Crippen molar-refractivity contribution in [3.05, 3.63) is 50.3 Å². The third-order valence-corrected chi connectivity index (χ3v) is 3.66. The zero-order valence-electron chi connectivity index (χ0n) is 10.8. The number of nitrogens with zero attached hydrogens (tertiary/aromatic N) is 2. The Hall–Kier alpha value is -1.95. The summed E-state index contributed by atoms with van der Waals surface area (Å²) in [5.41, 5.74) is 0.669. The van der Waals surface area contributed by atoms with Gasteiger partial charge in [-0.3, -0.25) is 10.1 Å². The largest absolute Gasteiger partial charge is 0.367 e. The minimum atomic E-state index is -0.415. The highest BCUT2D eigenvalue weighted by Gasteiger charge is 2.12. The summed E-state index contributed by atoms with van der Waals surface area (Å²) < 4.78 is 0. The first-order chi connectivity index (χ1) is 9.06. The van der Waals surface area contributed by atoms with Crippen molar-refractivity contribution < 1.29 is 4.92 Å². The summed E-state index contributed by atoms with van der Waals surface area (Å²) in [7, 11) is 0. The van der Waals surface area contributed by atoms with E-state index >= 15 is 0 Å². The minimum Gasteiger partial charge on any atom is -0.367 e. The van der Waals surface area contributed by atoms with E-state index in [0.29, 0.717) is 11.4 Å². The second-order valence-corrected chi connectivity index (χ2v) is 5.47. The number of aromatic nitrogens is 1. The number of hydrogen-bond donors (Lipinski definition) is 1. The van der Waals surface area contributed by atoms with Crippen molar-refractivity contribution in [2.45, 2.75) is 26.3 Å². The van der Waals surface area contributed by atoms with Crippen LogP contribution in [0, 0.1) is 17.0 Å². The van der Waals surface area contributed by atoms with Gasteiger partial charge in [-0.05, 0) is 31.4 Å². The van der Waals surface area contributed by atoms with Crippen LogP contribution in [0.25, 0.3) is 0 Å². The molecule has 2 aromatic rings. The molecule has 1 atom stereocenters. The Morgan fingerprint density at radius 3 is 2.95 bits per heavy atom. The number of aryl methyl sites for hydroxylation is 1. The van der Waals surface area contributed by atoms with E-state index in [2.05, 4.69) is 28.7 Å². The van der Waals surface area contributed by atoms with Gasteiger partial charge in [0.1, 0.15) is 12.0 Å². The van der Waals surface area contributed by atoms with Crippen LogP contribution in [0.3, 0.4) is 0 Å². The molecule has 0 amide bonds. The van der Waals surface area contributed by atoms with E-state index in [1.165, 1.54) is 11.1 Å². The summed E-state index contributed by atoms with van der Waals surface area (Å²) in [6.07, 6.45) is 2.21. The Bertz CT molecular complexity index is 569. The first-order valence-electron chi connectivity index (χ1n) is 5.96. The third kappa shape index (κ3) is 3.51. The van der Waals surface area contributed by atoms with Crippen LogP contribution in [0.1, 0.15) is 17.4 Å². The van der Waals surface area contributed by atoms with Gasteiger partial charge < -0.3 is 5.32 Å². The van der Waals surface area contributed by atoms with Crippen molar-refractivity contribution in [3.63, 3.8) is 0 Å².